The summed E-state index contributed by atoms with van der Waals surface area (Å²) in [6.45, 7) is 3.25. The molecule has 1 unspecified atom stereocenters. The van der Waals surface area contributed by atoms with Crippen LogP contribution in [0, 0.1) is 0 Å². The Labute approximate surface area is 193 Å². The highest BCUT2D eigenvalue weighted by Crippen LogP contribution is 2.28. The number of pyridine rings is 1. The number of hydrogen-bond donors (Lipinski definition) is 1. The molecule has 0 fully saturated rings. The van der Waals surface area contributed by atoms with E-state index in [1.807, 2.05) is 37.3 Å². The molecule has 1 aromatic carbocycles. The van der Waals surface area contributed by atoms with Gasteiger partial charge in [0.25, 0.3) is 0 Å². The molecule has 0 aliphatic heterocycles. The van der Waals surface area contributed by atoms with Crippen LogP contribution in [0.15, 0.2) is 71.7 Å². The minimum absolute atomic E-state index is 0.0335. The maximum Gasteiger partial charge on any atom is 0.233 e. The molecule has 3 aromatic rings. The van der Waals surface area contributed by atoms with Crippen molar-refractivity contribution in [3.05, 3.63) is 72.1 Å². The van der Waals surface area contributed by atoms with Gasteiger partial charge in [-0.1, -0.05) is 53.7 Å². The third kappa shape index (κ3) is 5.85. The number of amides is 1. The van der Waals surface area contributed by atoms with Crippen LogP contribution in [0.3, 0.4) is 0 Å². The molecule has 1 aliphatic carbocycles. The minimum Gasteiger partial charge on any atom is -0.355 e. The number of allylic oxidation sites excluding steroid dienone is 1. The molecule has 2 heterocycles. The molecule has 1 atom stereocenters. The molecule has 1 amide bonds. The molecular formula is C25H29N5OS. The number of thioether (sulfide) groups is 1. The Morgan fingerprint density at radius 1 is 1.12 bits per heavy atom. The van der Waals surface area contributed by atoms with E-state index in [4.69, 9.17) is 0 Å². The third-order valence-electron chi connectivity index (χ3n) is 5.62. The fourth-order valence-corrected chi connectivity index (χ4v) is 4.71. The molecule has 7 heteroatoms. The molecule has 166 valence electrons. The van der Waals surface area contributed by atoms with Crippen molar-refractivity contribution in [1.29, 1.82) is 0 Å². The van der Waals surface area contributed by atoms with Crippen LogP contribution >= 0.6 is 11.8 Å². The summed E-state index contributed by atoms with van der Waals surface area (Å²) in [4.78, 5) is 16.8. The quantitative estimate of drug-likeness (QED) is 0.374. The number of hydrogen-bond acceptors (Lipinski definition) is 5. The highest BCUT2D eigenvalue weighted by atomic mass is 32.2. The monoisotopic (exact) mass is 447 g/mol. The van der Waals surface area contributed by atoms with Gasteiger partial charge in [-0.25, -0.2) is 0 Å². The average molecular weight is 448 g/mol. The molecule has 4 rings (SSSR count). The molecule has 1 N–H and O–H groups in total. The first-order valence-electron chi connectivity index (χ1n) is 11.2. The van der Waals surface area contributed by atoms with Crippen LogP contribution in [-0.4, -0.2) is 37.5 Å². The van der Waals surface area contributed by atoms with E-state index in [0.29, 0.717) is 13.1 Å². The molecule has 1 aliphatic rings. The molecular weight excluding hydrogens is 418 g/mol. The number of carbonyl (C=O) groups excluding carboxylic acids is 1. The standard InChI is InChI=1S/C25H29N5OS/c1-19(24(31)27-17-12-20-8-4-2-5-9-20)32-25-29-28-23(22-13-15-26-16-14-22)30(25)18-21-10-6-3-7-11-21/h3,6-8,10-11,13-16,19H,2,4-5,9,12,17-18H2,1H3,(H,27,31). The second-order valence-corrected chi connectivity index (χ2v) is 9.33. The second-order valence-electron chi connectivity index (χ2n) is 8.02. The highest BCUT2D eigenvalue weighted by Gasteiger charge is 2.21. The van der Waals surface area contributed by atoms with E-state index in [9.17, 15) is 4.79 Å². The van der Waals surface area contributed by atoms with Gasteiger partial charge in [-0.3, -0.25) is 14.3 Å². The summed E-state index contributed by atoms with van der Waals surface area (Å²) < 4.78 is 2.08. The Morgan fingerprint density at radius 3 is 2.69 bits per heavy atom. The third-order valence-corrected chi connectivity index (χ3v) is 6.70. The van der Waals surface area contributed by atoms with Crippen LogP contribution in [0.5, 0.6) is 0 Å². The molecule has 0 radical (unpaired) electrons. The minimum atomic E-state index is -0.264. The van der Waals surface area contributed by atoms with Gasteiger partial charge < -0.3 is 5.32 Å². The van der Waals surface area contributed by atoms with Gasteiger partial charge in [0.05, 0.1) is 11.8 Å². The van der Waals surface area contributed by atoms with Crippen molar-refractivity contribution >= 4 is 17.7 Å². The van der Waals surface area contributed by atoms with Gasteiger partial charge in [0.15, 0.2) is 11.0 Å². The van der Waals surface area contributed by atoms with Crippen LogP contribution in [-0.2, 0) is 11.3 Å². The number of rotatable bonds is 9. The number of nitrogens with zero attached hydrogens (tertiary/aromatic N) is 4. The molecule has 0 bridgehead atoms. The Morgan fingerprint density at radius 2 is 1.94 bits per heavy atom. The van der Waals surface area contributed by atoms with Crippen LogP contribution in [0.1, 0.15) is 44.6 Å². The molecule has 6 nitrogen and oxygen atoms in total. The lowest BCUT2D eigenvalue weighted by Gasteiger charge is -2.15. The van der Waals surface area contributed by atoms with Crippen molar-refractivity contribution in [3.8, 4) is 11.4 Å². The number of nitrogens with one attached hydrogen (secondary N) is 1. The Hall–Kier alpha value is -2.93. The molecule has 2 aromatic heterocycles. The van der Waals surface area contributed by atoms with E-state index in [0.717, 1.165) is 28.5 Å². The lowest BCUT2D eigenvalue weighted by atomic mass is 9.97. The second kappa shape index (κ2) is 11.1. The summed E-state index contributed by atoms with van der Waals surface area (Å²) in [6.07, 6.45) is 11.7. The van der Waals surface area contributed by atoms with E-state index in [1.54, 1.807) is 12.4 Å². The van der Waals surface area contributed by atoms with Crippen molar-refractivity contribution in [2.45, 2.75) is 56.0 Å². The lowest BCUT2D eigenvalue weighted by molar-refractivity contribution is -0.120. The van der Waals surface area contributed by atoms with Gasteiger partial charge in [0.2, 0.25) is 5.91 Å². The summed E-state index contributed by atoms with van der Waals surface area (Å²) >= 11 is 1.45. The predicted octanol–water partition coefficient (Wildman–Crippen LogP) is 4.88. The van der Waals surface area contributed by atoms with Gasteiger partial charge >= 0.3 is 0 Å². The Balaban J connectivity index is 1.45. The molecule has 0 spiro atoms. The van der Waals surface area contributed by atoms with E-state index < -0.39 is 0 Å². The summed E-state index contributed by atoms with van der Waals surface area (Å²) in [5, 5.41) is 12.4. The van der Waals surface area contributed by atoms with Crippen molar-refractivity contribution in [1.82, 2.24) is 25.1 Å². The van der Waals surface area contributed by atoms with Crippen LogP contribution in [0.25, 0.3) is 11.4 Å². The zero-order valence-electron chi connectivity index (χ0n) is 18.4. The predicted molar refractivity (Wildman–Crippen MR) is 128 cm³/mol. The van der Waals surface area contributed by atoms with Crippen molar-refractivity contribution in [2.24, 2.45) is 0 Å². The zero-order valence-corrected chi connectivity index (χ0v) is 19.2. The maximum atomic E-state index is 12.7. The smallest absolute Gasteiger partial charge is 0.233 e. The average Bonchev–Trinajstić information content (AvgIpc) is 3.22. The van der Waals surface area contributed by atoms with Gasteiger partial charge in [-0.2, -0.15) is 0 Å². The van der Waals surface area contributed by atoms with E-state index in [1.165, 1.54) is 43.0 Å². The normalized spacial score (nSPS) is 14.6. The van der Waals surface area contributed by atoms with Gasteiger partial charge in [-0.05, 0) is 56.7 Å². The highest BCUT2D eigenvalue weighted by molar-refractivity contribution is 8.00. The van der Waals surface area contributed by atoms with Crippen LogP contribution in [0.2, 0.25) is 0 Å². The van der Waals surface area contributed by atoms with Gasteiger partial charge in [0, 0.05) is 24.5 Å². The van der Waals surface area contributed by atoms with Crippen LogP contribution in [0.4, 0.5) is 0 Å². The largest absolute Gasteiger partial charge is 0.355 e. The van der Waals surface area contributed by atoms with Crippen molar-refractivity contribution in [3.63, 3.8) is 0 Å². The summed E-state index contributed by atoms with van der Waals surface area (Å²) in [7, 11) is 0. The van der Waals surface area contributed by atoms with Gasteiger partial charge in [0.1, 0.15) is 0 Å². The zero-order chi connectivity index (χ0) is 22.2. The SMILES string of the molecule is CC(Sc1nnc(-c2ccncc2)n1Cc1ccccc1)C(=O)NCCC1=CCCCC1. The van der Waals surface area contributed by atoms with Crippen molar-refractivity contribution < 1.29 is 4.79 Å². The first kappa shape index (κ1) is 22.3. The van der Waals surface area contributed by atoms with Crippen molar-refractivity contribution in [2.75, 3.05) is 6.54 Å². The topological polar surface area (TPSA) is 72.7 Å². The Bertz CT molecular complexity index is 1050. The maximum absolute atomic E-state index is 12.7. The summed E-state index contributed by atoms with van der Waals surface area (Å²) in [5.41, 5.74) is 3.58. The molecule has 0 saturated carbocycles. The van der Waals surface area contributed by atoms with Gasteiger partial charge in [-0.15, -0.1) is 10.2 Å². The summed E-state index contributed by atoms with van der Waals surface area (Å²) in [6, 6.07) is 14.1. The first-order chi connectivity index (χ1) is 15.7. The van der Waals surface area contributed by atoms with E-state index in [-0.39, 0.29) is 11.2 Å². The number of carbonyl (C=O) groups is 1. The fraction of sp³-hybridized carbons (Fsp3) is 0.360. The first-order valence-corrected chi connectivity index (χ1v) is 12.1. The lowest BCUT2D eigenvalue weighted by Crippen LogP contribution is -2.32. The number of aromatic nitrogens is 4. The van der Waals surface area contributed by atoms with E-state index >= 15 is 0 Å². The summed E-state index contributed by atoms with van der Waals surface area (Å²) in [5.74, 6) is 0.807. The molecule has 32 heavy (non-hydrogen) atoms. The Kier molecular flexibility index (Phi) is 7.72. The van der Waals surface area contributed by atoms with Crippen LogP contribution < -0.4 is 5.32 Å². The fourth-order valence-electron chi connectivity index (χ4n) is 3.83. The van der Waals surface area contributed by atoms with E-state index in [2.05, 4.69) is 43.3 Å². The number of benzene rings is 1. The molecule has 0 saturated heterocycles.